The summed E-state index contributed by atoms with van der Waals surface area (Å²) in [5.41, 5.74) is 7.84. The van der Waals surface area contributed by atoms with Crippen LogP contribution in [-0.4, -0.2) is 16.4 Å². The molecule has 0 aliphatic heterocycles. The zero-order valence-electron chi connectivity index (χ0n) is 14.4. The van der Waals surface area contributed by atoms with E-state index in [9.17, 15) is 14.0 Å². The smallest absolute Gasteiger partial charge is 0.269 e. The molecule has 0 aliphatic rings. The van der Waals surface area contributed by atoms with Gasteiger partial charge in [-0.3, -0.25) is 20.4 Å². The number of hydrazine groups is 1. The third-order valence-corrected chi connectivity index (χ3v) is 5.13. The summed E-state index contributed by atoms with van der Waals surface area (Å²) in [6, 6.07) is 12.9. The third-order valence-electron chi connectivity index (χ3n) is 3.85. The summed E-state index contributed by atoms with van der Waals surface area (Å²) in [6.45, 7) is 1.97. The Balaban J connectivity index is 1.67. The maximum absolute atomic E-state index is 12.9. The normalized spacial score (nSPS) is 10.4. The molecule has 0 unspecified atom stereocenters. The number of carbonyl (C=O) groups excluding carboxylic acids is 2. The van der Waals surface area contributed by atoms with E-state index in [-0.39, 0.29) is 12.1 Å². The van der Waals surface area contributed by atoms with Gasteiger partial charge in [-0.15, -0.1) is 11.3 Å². The van der Waals surface area contributed by atoms with Crippen molar-refractivity contribution in [2.75, 3.05) is 0 Å². The summed E-state index contributed by atoms with van der Waals surface area (Å²) >= 11 is 6.69. The number of nitrogens with one attached hydrogen (secondary N) is 2. The van der Waals surface area contributed by atoms with Crippen LogP contribution < -0.4 is 10.9 Å². The first kappa shape index (κ1) is 18.9. The van der Waals surface area contributed by atoms with Gasteiger partial charge in [-0.25, -0.2) is 4.39 Å². The van der Waals surface area contributed by atoms with Gasteiger partial charge in [-0.2, -0.15) is 0 Å². The molecule has 8 heteroatoms. The first-order valence-corrected chi connectivity index (χ1v) is 9.33. The van der Waals surface area contributed by atoms with Gasteiger partial charge in [0.05, 0.1) is 5.69 Å². The molecule has 0 aliphatic carbocycles. The molecule has 2 N–H and O–H groups in total. The van der Waals surface area contributed by atoms with E-state index in [1.165, 1.54) is 35.6 Å². The average molecular weight is 401 g/mol. The number of amides is 2. The van der Waals surface area contributed by atoms with Gasteiger partial charge in [0.1, 0.15) is 12.4 Å². The minimum atomic E-state index is -0.531. The quantitative estimate of drug-likeness (QED) is 0.516. The van der Waals surface area contributed by atoms with Crippen molar-refractivity contribution in [2.45, 2.75) is 13.5 Å². The average Bonchev–Trinajstić information content (AvgIpc) is 3.01. The Bertz CT molecular complexity index is 1020. The molecular formula is C19H16FN3O2S2. The molecule has 0 saturated carbocycles. The minimum Gasteiger partial charge on any atom is -0.313 e. The predicted molar refractivity (Wildman–Crippen MR) is 105 cm³/mol. The van der Waals surface area contributed by atoms with Crippen LogP contribution in [0.25, 0.3) is 11.3 Å². The maximum atomic E-state index is 12.9. The van der Waals surface area contributed by atoms with Gasteiger partial charge < -0.3 is 4.57 Å². The Labute approximate surface area is 164 Å². The number of rotatable bonds is 4. The second-order valence-electron chi connectivity index (χ2n) is 5.85. The van der Waals surface area contributed by atoms with Gasteiger partial charge in [-0.05, 0) is 49.0 Å². The lowest BCUT2D eigenvalue weighted by Crippen LogP contribution is -2.43. The lowest BCUT2D eigenvalue weighted by molar-refractivity contribution is -0.122. The fourth-order valence-corrected chi connectivity index (χ4v) is 3.49. The molecule has 3 aromatic rings. The van der Waals surface area contributed by atoms with Crippen LogP contribution >= 0.6 is 23.6 Å². The van der Waals surface area contributed by atoms with Crippen molar-refractivity contribution in [3.05, 3.63) is 74.8 Å². The van der Waals surface area contributed by atoms with Gasteiger partial charge in [-0.1, -0.05) is 29.8 Å². The van der Waals surface area contributed by atoms with Gasteiger partial charge >= 0.3 is 0 Å². The van der Waals surface area contributed by atoms with Crippen molar-refractivity contribution in [1.29, 1.82) is 0 Å². The topological polar surface area (TPSA) is 63.1 Å². The largest absolute Gasteiger partial charge is 0.313 e. The van der Waals surface area contributed by atoms with Crippen LogP contribution in [0.1, 0.15) is 15.9 Å². The molecule has 3 rings (SSSR count). The van der Waals surface area contributed by atoms with E-state index in [2.05, 4.69) is 10.9 Å². The van der Waals surface area contributed by atoms with Crippen molar-refractivity contribution >= 4 is 35.4 Å². The van der Waals surface area contributed by atoms with Crippen LogP contribution in [0.5, 0.6) is 0 Å². The molecule has 0 fully saturated rings. The van der Waals surface area contributed by atoms with Gasteiger partial charge in [0.15, 0.2) is 3.95 Å². The molecule has 27 heavy (non-hydrogen) atoms. The lowest BCUT2D eigenvalue weighted by Gasteiger charge is -2.11. The fourth-order valence-electron chi connectivity index (χ4n) is 2.41. The molecule has 1 aromatic heterocycles. The lowest BCUT2D eigenvalue weighted by atomic mass is 10.1. The Kier molecular flexibility index (Phi) is 5.78. The molecule has 138 valence electrons. The predicted octanol–water partition coefficient (Wildman–Crippen LogP) is 3.85. The Morgan fingerprint density at radius 1 is 1.07 bits per heavy atom. The number of benzene rings is 2. The number of halogens is 1. The van der Waals surface area contributed by atoms with Crippen LogP contribution in [-0.2, 0) is 11.3 Å². The summed E-state index contributed by atoms with van der Waals surface area (Å²) in [6.07, 6.45) is 0. The number of aromatic nitrogens is 1. The highest BCUT2D eigenvalue weighted by Crippen LogP contribution is 2.24. The first-order valence-electron chi connectivity index (χ1n) is 8.04. The number of hydrogen-bond acceptors (Lipinski definition) is 4. The minimum absolute atomic E-state index is 0.0325. The van der Waals surface area contributed by atoms with Crippen LogP contribution in [0.4, 0.5) is 4.39 Å². The van der Waals surface area contributed by atoms with Crippen molar-refractivity contribution in [2.24, 2.45) is 0 Å². The summed E-state index contributed by atoms with van der Waals surface area (Å²) < 4.78 is 15.2. The van der Waals surface area contributed by atoms with E-state index in [4.69, 9.17) is 12.2 Å². The molecule has 2 aromatic carbocycles. The summed E-state index contributed by atoms with van der Waals surface area (Å²) in [5, 5.41) is 1.90. The van der Waals surface area contributed by atoms with E-state index >= 15 is 0 Å². The Morgan fingerprint density at radius 3 is 2.41 bits per heavy atom. The second-order valence-corrected chi connectivity index (χ2v) is 7.35. The van der Waals surface area contributed by atoms with Gasteiger partial charge in [0, 0.05) is 10.9 Å². The van der Waals surface area contributed by atoms with E-state index in [0.29, 0.717) is 3.95 Å². The molecular weight excluding hydrogens is 385 g/mol. The number of hydrogen-bond donors (Lipinski definition) is 2. The molecule has 0 spiro atoms. The van der Waals surface area contributed by atoms with E-state index in [1.54, 1.807) is 4.57 Å². The van der Waals surface area contributed by atoms with Crippen molar-refractivity contribution in [3.63, 3.8) is 0 Å². The van der Waals surface area contributed by atoms with Crippen molar-refractivity contribution < 1.29 is 14.0 Å². The van der Waals surface area contributed by atoms with E-state index in [0.717, 1.165) is 16.8 Å². The molecule has 0 bridgehead atoms. The number of thiazole rings is 1. The van der Waals surface area contributed by atoms with Crippen LogP contribution in [0.3, 0.4) is 0 Å². The van der Waals surface area contributed by atoms with E-state index in [1.807, 2.05) is 36.6 Å². The Hall–Kier alpha value is -2.84. The summed E-state index contributed by atoms with van der Waals surface area (Å²) in [5.74, 6) is -1.39. The van der Waals surface area contributed by atoms with E-state index < -0.39 is 17.6 Å². The number of aryl methyl sites for hydroxylation is 1. The number of nitrogens with zero attached hydrogens (tertiary/aromatic N) is 1. The summed E-state index contributed by atoms with van der Waals surface area (Å²) in [4.78, 5) is 24.2. The zero-order chi connectivity index (χ0) is 19.4. The van der Waals surface area contributed by atoms with Crippen LogP contribution in [0.15, 0.2) is 53.9 Å². The highest BCUT2D eigenvalue weighted by molar-refractivity contribution is 7.73. The molecule has 5 nitrogen and oxygen atoms in total. The monoisotopic (exact) mass is 401 g/mol. The summed E-state index contributed by atoms with van der Waals surface area (Å²) in [7, 11) is 0. The van der Waals surface area contributed by atoms with Crippen molar-refractivity contribution in [1.82, 2.24) is 15.4 Å². The van der Waals surface area contributed by atoms with Gasteiger partial charge in [0.2, 0.25) is 0 Å². The second kappa shape index (κ2) is 8.24. The molecule has 1 heterocycles. The molecule has 2 amide bonds. The fraction of sp³-hybridized carbons (Fsp3) is 0.105. The molecule has 0 atom stereocenters. The highest BCUT2D eigenvalue weighted by Gasteiger charge is 2.12. The van der Waals surface area contributed by atoms with Crippen molar-refractivity contribution in [3.8, 4) is 11.3 Å². The van der Waals surface area contributed by atoms with Crippen LogP contribution in [0.2, 0.25) is 0 Å². The standard InChI is InChI=1S/C19H16FN3O2S2/c1-12-2-4-13(5-3-12)16-11-27-19(26)23(16)10-17(24)21-22-18(25)14-6-8-15(20)9-7-14/h2-9,11H,10H2,1H3,(H,21,24)(H,22,25). The maximum Gasteiger partial charge on any atom is 0.269 e. The Morgan fingerprint density at radius 2 is 1.74 bits per heavy atom. The highest BCUT2D eigenvalue weighted by atomic mass is 32.1. The third kappa shape index (κ3) is 4.66. The first-order chi connectivity index (χ1) is 12.9. The zero-order valence-corrected chi connectivity index (χ0v) is 16.0. The number of carbonyl (C=O) groups is 2. The van der Waals surface area contributed by atoms with Gasteiger partial charge in [0.25, 0.3) is 11.8 Å². The molecule has 0 saturated heterocycles. The van der Waals surface area contributed by atoms with Crippen LogP contribution in [0, 0.1) is 16.7 Å². The molecule has 0 radical (unpaired) electrons. The SMILES string of the molecule is Cc1ccc(-c2csc(=S)n2CC(=O)NNC(=O)c2ccc(F)cc2)cc1.